The summed E-state index contributed by atoms with van der Waals surface area (Å²) in [5.41, 5.74) is 0.664. The first-order chi connectivity index (χ1) is 8.33. The van der Waals surface area contributed by atoms with E-state index >= 15 is 0 Å². The van der Waals surface area contributed by atoms with E-state index in [9.17, 15) is 4.79 Å². The van der Waals surface area contributed by atoms with E-state index in [0.29, 0.717) is 17.5 Å². The van der Waals surface area contributed by atoms with E-state index in [2.05, 4.69) is 10.3 Å². The van der Waals surface area contributed by atoms with E-state index < -0.39 is 0 Å². The Kier molecular flexibility index (Phi) is 2.55. The molecule has 4 nitrogen and oxygen atoms in total. The Bertz CT molecular complexity index is 584. The first-order valence-electron chi connectivity index (χ1n) is 6.08. The molecular weight excluding hydrogens is 214 g/mol. The lowest BCUT2D eigenvalue weighted by Gasteiger charge is -2.12. The highest BCUT2D eigenvalue weighted by Gasteiger charge is 2.15. The molecule has 1 aliphatic rings. The van der Waals surface area contributed by atoms with Crippen LogP contribution in [0.4, 0.5) is 5.82 Å². The minimum absolute atomic E-state index is 0.0314. The lowest BCUT2D eigenvalue weighted by Crippen LogP contribution is -2.20. The number of hydrogen-bond donors (Lipinski definition) is 1. The van der Waals surface area contributed by atoms with Crippen LogP contribution in [0.1, 0.15) is 25.7 Å². The van der Waals surface area contributed by atoms with Crippen molar-refractivity contribution in [3.63, 3.8) is 0 Å². The van der Waals surface area contributed by atoms with Crippen molar-refractivity contribution in [2.24, 2.45) is 0 Å². The molecule has 17 heavy (non-hydrogen) atoms. The van der Waals surface area contributed by atoms with E-state index in [1.54, 1.807) is 16.7 Å². The van der Waals surface area contributed by atoms with Gasteiger partial charge in [0.25, 0.3) is 5.56 Å². The van der Waals surface area contributed by atoms with Crippen LogP contribution in [0.3, 0.4) is 0 Å². The Hall–Kier alpha value is -1.84. The van der Waals surface area contributed by atoms with E-state index in [-0.39, 0.29) is 5.56 Å². The molecule has 0 bridgehead atoms. The summed E-state index contributed by atoms with van der Waals surface area (Å²) in [7, 11) is 0. The summed E-state index contributed by atoms with van der Waals surface area (Å²) < 4.78 is 1.56. The summed E-state index contributed by atoms with van der Waals surface area (Å²) in [4.78, 5) is 16.3. The minimum atomic E-state index is -0.0314. The highest BCUT2D eigenvalue weighted by molar-refractivity contribution is 5.46. The molecule has 0 aromatic carbocycles. The van der Waals surface area contributed by atoms with Gasteiger partial charge in [0.1, 0.15) is 11.5 Å². The Morgan fingerprint density at radius 2 is 2.12 bits per heavy atom. The molecule has 0 aliphatic heterocycles. The molecule has 4 heteroatoms. The van der Waals surface area contributed by atoms with Gasteiger partial charge in [-0.05, 0) is 25.0 Å². The maximum absolute atomic E-state index is 11.9. The lowest BCUT2D eigenvalue weighted by molar-refractivity contribution is 0.749. The summed E-state index contributed by atoms with van der Waals surface area (Å²) in [6.07, 6.45) is 6.63. The van der Waals surface area contributed by atoms with Crippen molar-refractivity contribution in [3.8, 4) is 0 Å². The van der Waals surface area contributed by atoms with Gasteiger partial charge in [0, 0.05) is 18.3 Å². The maximum atomic E-state index is 11.9. The number of rotatable bonds is 2. The normalized spacial score (nSPS) is 16.5. The predicted octanol–water partition coefficient (Wildman–Crippen LogP) is 2.05. The van der Waals surface area contributed by atoms with Crippen molar-refractivity contribution >= 4 is 11.5 Å². The lowest BCUT2D eigenvalue weighted by atomic mass is 10.2. The monoisotopic (exact) mass is 229 g/mol. The molecule has 1 fully saturated rings. The zero-order valence-electron chi connectivity index (χ0n) is 9.60. The van der Waals surface area contributed by atoms with Crippen LogP contribution in [0.25, 0.3) is 5.65 Å². The smallest absolute Gasteiger partial charge is 0.259 e. The number of fused-ring (bicyclic) bond motifs is 1. The Labute approximate surface area is 99.3 Å². The van der Waals surface area contributed by atoms with Gasteiger partial charge in [-0.15, -0.1) is 0 Å². The molecule has 1 N–H and O–H groups in total. The van der Waals surface area contributed by atoms with Crippen molar-refractivity contribution in [1.82, 2.24) is 9.38 Å². The molecule has 0 atom stereocenters. The second kappa shape index (κ2) is 4.20. The maximum Gasteiger partial charge on any atom is 0.259 e. The highest BCUT2D eigenvalue weighted by Crippen LogP contribution is 2.20. The summed E-state index contributed by atoms with van der Waals surface area (Å²) >= 11 is 0. The van der Waals surface area contributed by atoms with Gasteiger partial charge in [-0.25, -0.2) is 4.98 Å². The molecular formula is C13H15N3O. The molecule has 3 rings (SSSR count). The number of aromatic nitrogens is 2. The van der Waals surface area contributed by atoms with Gasteiger partial charge in [0.15, 0.2) is 0 Å². The summed E-state index contributed by atoms with van der Waals surface area (Å²) in [6, 6.07) is 7.63. The minimum Gasteiger partial charge on any atom is -0.367 e. The molecule has 1 saturated carbocycles. The number of nitrogens with one attached hydrogen (secondary N) is 1. The van der Waals surface area contributed by atoms with Crippen molar-refractivity contribution < 1.29 is 0 Å². The van der Waals surface area contributed by atoms with Gasteiger partial charge in [0.2, 0.25) is 0 Å². The van der Waals surface area contributed by atoms with Crippen LogP contribution in [0.5, 0.6) is 0 Å². The van der Waals surface area contributed by atoms with Gasteiger partial charge in [-0.1, -0.05) is 18.9 Å². The van der Waals surface area contributed by atoms with Crippen molar-refractivity contribution in [1.29, 1.82) is 0 Å². The van der Waals surface area contributed by atoms with Crippen LogP contribution in [-0.2, 0) is 0 Å². The van der Waals surface area contributed by atoms with Crippen LogP contribution in [0, 0.1) is 0 Å². The average molecular weight is 229 g/mol. The van der Waals surface area contributed by atoms with Gasteiger partial charge < -0.3 is 5.32 Å². The van der Waals surface area contributed by atoms with Gasteiger partial charge in [0.05, 0.1) is 0 Å². The first kappa shape index (κ1) is 10.3. The van der Waals surface area contributed by atoms with Crippen LogP contribution < -0.4 is 10.9 Å². The summed E-state index contributed by atoms with van der Waals surface area (Å²) in [5, 5.41) is 3.35. The highest BCUT2D eigenvalue weighted by atomic mass is 16.1. The Morgan fingerprint density at radius 3 is 2.94 bits per heavy atom. The number of anilines is 1. The largest absolute Gasteiger partial charge is 0.367 e. The fraction of sp³-hybridized carbons (Fsp3) is 0.385. The van der Waals surface area contributed by atoms with E-state index in [1.165, 1.54) is 25.7 Å². The zero-order valence-corrected chi connectivity index (χ0v) is 9.60. The average Bonchev–Trinajstić information content (AvgIpc) is 2.82. The Balaban J connectivity index is 1.97. The molecule has 2 aromatic rings. The van der Waals surface area contributed by atoms with Crippen molar-refractivity contribution in [3.05, 3.63) is 40.8 Å². The molecule has 88 valence electrons. The van der Waals surface area contributed by atoms with E-state index in [4.69, 9.17) is 0 Å². The first-order valence-corrected chi connectivity index (χ1v) is 6.08. The number of pyridine rings is 1. The topological polar surface area (TPSA) is 46.4 Å². The second-order valence-electron chi connectivity index (χ2n) is 4.53. The van der Waals surface area contributed by atoms with Crippen LogP contribution in [0.2, 0.25) is 0 Å². The second-order valence-corrected chi connectivity index (χ2v) is 4.53. The molecule has 0 amide bonds. The van der Waals surface area contributed by atoms with E-state index in [1.807, 2.05) is 18.2 Å². The molecule has 2 aromatic heterocycles. The zero-order chi connectivity index (χ0) is 11.7. The fourth-order valence-electron chi connectivity index (χ4n) is 2.41. The Morgan fingerprint density at radius 1 is 1.29 bits per heavy atom. The number of nitrogens with zero attached hydrogens (tertiary/aromatic N) is 2. The quantitative estimate of drug-likeness (QED) is 0.857. The van der Waals surface area contributed by atoms with Gasteiger partial charge in [-0.2, -0.15) is 0 Å². The predicted molar refractivity (Wildman–Crippen MR) is 67.3 cm³/mol. The van der Waals surface area contributed by atoms with Crippen LogP contribution in [0.15, 0.2) is 35.3 Å². The fourth-order valence-corrected chi connectivity index (χ4v) is 2.41. The summed E-state index contributed by atoms with van der Waals surface area (Å²) in [5.74, 6) is 0.702. The SMILES string of the molecule is O=c1cc(NC2CCCC2)nc2ccccn12. The van der Waals surface area contributed by atoms with Crippen LogP contribution >= 0.6 is 0 Å². The van der Waals surface area contributed by atoms with Crippen molar-refractivity contribution in [2.75, 3.05) is 5.32 Å². The third-order valence-corrected chi connectivity index (χ3v) is 3.28. The standard InChI is InChI=1S/C13H15N3O/c17-13-9-11(14-10-5-1-2-6-10)15-12-7-3-4-8-16(12)13/h3-4,7-10,14H,1-2,5-6H2. The molecule has 1 aliphatic carbocycles. The van der Waals surface area contributed by atoms with E-state index in [0.717, 1.165) is 0 Å². The van der Waals surface area contributed by atoms with Gasteiger partial charge >= 0.3 is 0 Å². The molecule has 0 spiro atoms. The number of hydrogen-bond acceptors (Lipinski definition) is 3. The molecule has 0 saturated heterocycles. The molecule has 0 radical (unpaired) electrons. The molecule has 0 unspecified atom stereocenters. The summed E-state index contributed by atoms with van der Waals surface area (Å²) in [6.45, 7) is 0. The third kappa shape index (κ3) is 2.02. The van der Waals surface area contributed by atoms with Crippen LogP contribution in [-0.4, -0.2) is 15.4 Å². The third-order valence-electron chi connectivity index (χ3n) is 3.28. The van der Waals surface area contributed by atoms with Gasteiger partial charge in [-0.3, -0.25) is 9.20 Å². The van der Waals surface area contributed by atoms with Crippen molar-refractivity contribution in [2.45, 2.75) is 31.7 Å². The molecule has 2 heterocycles.